The third-order valence-electron chi connectivity index (χ3n) is 4.22. The van der Waals surface area contributed by atoms with Gasteiger partial charge in [-0.15, -0.1) is 11.8 Å². The number of hydrogen-bond acceptors (Lipinski definition) is 5. The highest BCUT2D eigenvalue weighted by Crippen LogP contribution is 2.17. The Balaban J connectivity index is 1.56. The summed E-state index contributed by atoms with van der Waals surface area (Å²) < 4.78 is 39.3. The molecule has 9 heteroatoms. The summed E-state index contributed by atoms with van der Waals surface area (Å²) in [5.74, 6) is 1.06. The fourth-order valence-corrected chi connectivity index (χ4v) is 5.29. The van der Waals surface area contributed by atoms with Crippen LogP contribution in [0.2, 0.25) is 0 Å². The Morgan fingerprint density at radius 3 is 2.46 bits per heavy atom. The molecule has 2 aliphatic rings. The molecule has 1 aromatic rings. The molecule has 3 rings (SSSR count). The largest absolute Gasteiger partial charge is 0.339 e. The summed E-state index contributed by atoms with van der Waals surface area (Å²) in [7, 11) is -3.46. The van der Waals surface area contributed by atoms with E-state index in [0.29, 0.717) is 31.7 Å². The fourth-order valence-electron chi connectivity index (χ4n) is 2.84. The van der Waals surface area contributed by atoms with Crippen molar-refractivity contribution in [3.05, 3.63) is 35.6 Å². The molecule has 24 heavy (non-hydrogen) atoms. The number of hydrogen-bond donors (Lipinski definition) is 1. The van der Waals surface area contributed by atoms with Gasteiger partial charge in [-0.2, -0.15) is 4.31 Å². The van der Waals surface area contributed by atoms with E-state index in [9.17, 15) is 17.6 Å². The van der Waals surface area contributed by atoms with Gasteiger partial charge in [0.1, 0.15) is 5.82 Å². The van der Waals surface area contributed by atoms with E-state index < -0.39 is 10.0 Å². The van der Waals surface area contributed by atoms with Crippen LogP contribution in [0.25, 0.3) is 0 Å². The van der Waals surface area contributed by atoms with Gasteiger partial charge in [0.05, 0.1) is 11.8 Å². The van der Waals surface area contributed by atoms with E-state index in [1.807, 2.05) is 0 Å². The zero-order chi connectivity index (χ0) is 17.2. The topological polar surface area (TPSA) is 69.7 Å². The van der Waals surface area contributed by atoms with Gasteiger partial charge >= 0.3 is 0 Å². The molecule has 2 heterocycles. The number of sulfonamides is 1. The summed E-state index contributed by atoms with van der Waals surface area (Å²) in [6.07, 6.45) is 0. The quantitative estimate of drug-likeness (QED) is 0.831. The van der Waals surface area contributed by atoms with Crippen LogP contribution in [0.1, 0.15) is 5.56 Å². The number of rotatable bonds is 4. The van der Waals surface area contributed by atoms with Crippen LogP contribution in [-0.4, -0.2) is 67.4 Å². The highest BCUT2D eigenvalue weighted by atomic mass is 32.2. The predicted molar refractivity (Wildman–Crippen MR) is 91.4 cm³/mol. The predicted octanol–water partition coefficient (Wildman–Crippen LogP) is 0.462. The van der Waals surface area contributed by atoms with Crippen LogP contribution in [0.4, 0.5) is 4.39 Å². The molecule has 2 fully saturated rings. The Morgan fingerprint density at radius 2 is 1.88 bits per heavy atom. The first-order chi connectivity index (χ1) is 11.5. The molecule has 1 aromatic carbocycles. The van der Waals surface area contributed by atoms with Gasteiger partial charge in [-0.05, 0) is 17.7 Å². The van der Waals surface area contributed by atoms with Gasteiger partial charge in [0.15, 0.2) is 0 Å². The maximum Gasteiger partial charge on any atom is 0.240 e. The summed E-state index contributed by atoms with van der Waals surface area (Å²) in [6.45, 7) is 1.42. The summed E-state index contributed by atoms with van der Waals surface area (Å²) in [6, 6.07) is 5.33. The lowest BCUT2D eigenvalue weighted by molar-refractivity contribution is -0.133. The van der Waals surface area contributed by atoms with Crippen LogP contribution >= 0.6 is 11.8 Å². The second-order valence-electron chi connectivity index (χ2n) is 5.88. The lowest BCUT2D eigenvalue weighted by Gasteiger charge is -2.35. The number of piperazine rings is 1. The monoisotopic (exact) mass is 373 g/mol. The number of carbonyl (C=O) groups is 1. The van der Waals surface area contributed by atoms with Crippen LogP contribution < -0.4 is 5.32 Å². The lowest BCUT2D eigenvalue weighted by atomic mass is 10.2. The maximum absolute atomic E-state index is 12.9. The smallest absolute Gasteiger partial charge is 0.240 e. The molecule has 0 radical (unpaired) electrons. The first-order valence-corrected chi connectivity index (χ1v) is 10.5. The molecule has 0 aromatic heterocycles. The Labute approximate surface area is 145 Å². The van der Waals surface area contributed by atoms with Gasteiger partial charge in [-0.3, -0.25) is 10.1 Å². The molecule has 132 valence electrons. The molecule has 1 amide bonds. The van der Waals surface area contributed by atoms with Crippen molar-refractivity contribution in [3.8, 4) is 0 Å². The molecule has 0 aliphatic carbocycles. The second kappa shape index (κ2) is 7.38. The van der Waals surface area contributed by atoms with Crippen molar-refractivity contribution in [1.29, 1.82) is 0 Å². The minimum atomic E-state index is -3.46. The minimum absolute atomic E-state index is 0.0515. The van der Waals surface area contributed by atoms with Crippen LogP contribution in [0, 0.1) is 5.82 Å². The summed E-state index contributed by atoms with van der Waals surface area (Å²) in [5.41, 5.74) is 0.557. The van der Waals surface area contributed by atoms with E-state index in [0.717, 1.165) is 11.6 Å². The number of amides is 1. The Morgan fingerprint density at radius 1 is 1.21 bits per heavy atom. The summed E-state index contributed by atoms with van der Waals surface area (Å²) >= 11 is 1.69. The zero-order valence-electron chi connectivity index (χ0n) is 13.2. The van der Waals surface area contributed by atoms with Crippen molar-refractivity contribution in [2.45, 2.75) is 11.8 Å². The normalized spacial score (nSPS) is 22.7. The van der Waals surface area contributed by atoms with Gasteiger partial charge in [-0.1, -0.05) is 12.1 Å². The van der Waals surface area contributed by atoms with Gasteiger partial charge < -0.3 is 4.90 Å². The molecular formula is C15H20FN3O3S2. The first-order valence-electron chi connectivity index (χ1n) is 7.78. The lowest BCUT2D eigenvalue weighted by Crippen LogP contribution is -2.54. The van der Waals surface area contributed by atoms with Gasteiger partial charge in [-0.25, -0.2) is 12.8 Å². The number of carbonyl (C=O) groups excluding carboxylic acids is 1. The third kappa shape index (κ3) is 4.08. The van der Waals surface area contributed by atoms with Crippen molar-refractivity contribution in [2.24, 2.45) is 0 Å². The van der Waals surface area contributed by atoms with Crippen molar-refractivity contribution < 1.29 is 17.6 Å². The van der Waals surface area contributed by atoms with E-state index in [2.05, 4.69) is 5.32 Å². The number of thioether (sulfide) groups is 1. The minimum Gasteiger partial charge on any atom is -0.339 e. The molecule has 2 aliphatic heterocycles. The zero-order valence-corrected chi connectivity index (χ0v) is 14.8. The highest BCUT2D eigenvalue weighted by Gasteiger charge is 2.32. The van der Waals surface area contributed by atoms with Crippen molar-refractivity contribution >= 4 is 27.7 Å². The Hall–Kier alpha value is -1.16. The number of benzene rings is 1. The van der Waals surface area contributed by atoms with E-state index >= 15 is 0 Å². The van der Waals surface area contributed by atoms with Crippen LogP contribution in [0.15, 0.2) is 24.3 Å². The van der Waals surface area contributed by atoms with E-state index in [-0.39, 0.29) is 23.5 Å². The number of nitrogens with one attached hydrogen (secondary N) is 1. The number of halogens is 1. The van der Waals surface area contributed by atoms with Crippen molar-refractivity contribution in [1.82, 2.24) is 14.5 Å². The van der Waals surface area contributed by atoms with E-state index in [4.69, 9.17) is 0 Å². The van der Waals surface area contributed by atoms with Gasteiger partial charge in [0.25, 0.3) is 0 Å². The molecule has 0 spiro atoms. The molecular weight excluding hydrogens is 353 g/mol. The summed E-state index contributed by atoms with van der Waals surface area (Å²) in [5, 5.41) is 3.14. The van der Waals surface area contributed by atoms with Crippen LogP contribution in [-0.2, 0) is 20.6 Å². The van der Waals surface area contributed by atoms with E-state index in [1.54, 1.807) is 16.7 Å². The first kappa shape index (κ1) is 17.7. The fraction of sp³-hybridized carbons (Fsp3) is 0.533. The van der Waals surface area contributed by atoms with E-state index in [1.165, 1.54) is 28.6 Å². The standard InChI is InChI=1S/C15H20FN3O3S2/c16-13-3-1-12(2-4-13)10-24(21,22)19-7-5-18(6-8-19)15(20)14-9-23-11-17-14/h1-4,14,17H,5-11H2. The molecule has 6 nitrogen and oxygen atoms in total. The van der Waals surface area contributed by atoms with Crippen LogP contribution in [0.3, 0.4) is 0 Å². The van der Waals surface area contributed by atoms with Gasteiger partial charge in [0.2, 0.25) is 15.9 Å². The SMILES string of the molecule is O=C(C1CSCN1)N1CCN(S(=O)(=O)Cc2ccc(F)cc2)CC1. The summed E-state index contributed by atoms with van der Waals surface area (Å²) in [4.78, 5) is 14.1. The van der Waals surface area contributed by atoms with Crippen LogP contribution in [0.5, 0.6) is 0 Å². The van der Waals surface area contributed by atoms with Crippen molar-refractivity contribution in [3.63, 3.8) is 0 Å². The van der Waals surface area contributed by atoms with Crippen molar-refractivity contribution in [2.75, 3.05) is 37.8 Å². The third-order valence-corrected chi connectivity index (χ3v) is 7.01. The molecule has 1 N–H and O–H groups in total. The maximum atomic E-state index is 12.9. The molecule has 0 saturated carbocycles. The average Bonchev–Trinajstić information content (AvgIpc) is 3.11. The average molecular weight is 373 g/mol. The Bertz CT molecular complexity index is 682. The molecule has 2 saturated heterocycles. The molecule has 1 unspecified atom stereocenters. The second-order valence-corrected chi connectivity index (χ2v) is 8.88. The van der Waals surface area contributed by atoms with Gasteiger partial charge in [0, 0.05) is 37.8 Å². The highest BCUT2D eigenvalue weighted by molar-refractivity contribution is 7.99. The number of nitrogens with zero attached hydrogens (tertiary/aromatic N) is 2. The Kier molecular flexibility index (Phi) is 5.43. The molecule has 1 atom stereocenters. The molecule has 0 bridgehead atoms.